The van der Waals surface area contributed by atoms with Gasteiger partial charge in [-0.05, 0) is 29.7 Å². The Bertz CT molecular complexity index is 860. The van der Waals surface area contributed by atoms with Crippen molar-refractivity contribution in [3.05, 3.63) is 95.6 Å². The SMILES string of the molecule is CC(C)C(O)CN(Cc1ccccc1)Cc1cccn1Cc1ccccc1F. The van der Waals surface area contributed by atoms with Crippen molar-refractivity contribution in [2.24, 2.45) is 5.92 Å². The van der Waals surface area contributed by atoms with E-state index in [1.54, 1.807) is 6.07 Å². The van der Waals surface area contributed by atoms with Crippen molar-refractivity contribution in [1.82, 2.24) is 9.47 Å². The highest BCUT2D eigenvalue weighted by atomic mass is 19.1. The maximum Gasteiger partial charge on any atom is 0.128 e. The first kappa shape index (κ1) is 20.3. The molecule has 0 aliphatic carbocycles. The molecule has 0 saturated carbocycles. The van der Waals surface area contributed by atoms with Crippen molar-refractivity contribution in [2.75, 3.05) is 6.54 Å². The van der Waals surface area contributed by atoms with Crippen LogP contribution in [-0.2, 0) is 19.6 Å². The summed E-state index contributed by atoms with van der Waals surface area (Å²) in [6.45, 7) is 6.62. The van der Waals surface area contributed by atoms with Crippen LogP contribution in [0.3, 0.4) is 0 Å². The van der Waals surface area contributed by atoms with Gasteiger partial charge in [0.25, 0.3) is 0 Å². The first-order valence-corrected chi connectivity index (χ1v) is 9.84. The maximum atomic E-state index is 14.1. The van der Waals surface area contributed by atoms with E-state index in [4.69, 9.17) is 0 Å². The van der Waals surface area contributed by atoms with E-state index in [1.807, 2.05) is 56.4 Å². The molecule has 0 saturated heterocycles. The van der Waals surface area contributed by atoms with Gasteiger partial charge in [-0.1, -0.05) is 62.4 Å². The van der Waals surface area contributed by atoms with Crippen molar-refractivity contribution in [3.8, 4) is 0 Å². The van der Waals surface area contributed by atoms with Crippen molar-refractivity contribution < 1.29 is 9.50 Å². The molecule has 2 aromatic carbocycles. The zero-order valence-electron chi connectivity index (χ0n) is 16.6. The fourth-order valence-corrected chi connectivity index (χ4v) is 3.29. The summed E-state index contributed by atoms with van der Waals surface area (Å²) in [7, 11) is 0. The highest BCUT2D eigenvalue weighted by molar-refractivity contribution is 5.20. The van der Waals surface area contributed by atoms with Crippen LogP contribution in [0.15, 0.2) is 72.9 Å². The summed E-state index contributed by atoms with van der Waals surface area (Å²) in [6, 6.07) is 21.3. The maximum absolute atomic E-state index is 14.1. The number of aliphatic hydroxyl groups is 1. The summed E-state index contributed by atoms with van der Waals surface area (Å²) in [5.41, 5.74) is 3.00. The Morgan fingerprint density at radius 3 is 2.36 bits per heavy atom. The van der Waals surface area contributed by atoms with Gasteiger partial charge in [0.1, 0.15) is 5.82 Å². The highest BCUT2D eigenvalue weighted by Gasteiger charge is 2.17. The Labute approximate surface area is 167 Å². The second kappa shape index (κ2) is 9.67. The Morgan fingerprint density at radius 2 is 1.64 bits per heavy atom. The van der Waals surface area contributed by atoms with Gasteiger partial charge in [0, 0.05) is 37.1 Å². The molecule has 0 spiro atoms. The van der Waals surface area contributed by atoms with Gasteiger partial charge in [0.15, 0.2) is 0 Å². The summed E-state index contributed by atoms with van der Waals surface area (Å²) in [5.74, 6) is 0.0157. The normalized spacial score (nSPS) is 12.6. The fraction of sp³-hybridized carbons (Fsp3) is 0.333. The first-order valence-electron chi connectivity index (χ1n) is 9.84. The van der Waals surface area contributed by atoms with Gasteiger partial charge >= 0.3 is 0 Å². The molecule has 3 rings (SSSR count). The first-order chi connectivity index (χ1) is 13.5. The van der Waals surface area contributed by atoms with Crippen LogP contribution in [0.5, 0.6) is 0 Å². The van der Waals surface area contributed by atoms with E-state index in [9.17, 15) is 9.50 Å². The Morgan fingerprint density at radius 1 is 0.929 bits per heavy atom. The standard InChI is InChI=1S/C24H29FN2O/c1-19(2)24(28)18-26(15-20-9-4-3-5-10-20)17-22-12-8-14-27(22)16-21-11-6-7-13-23(21)25/h3-14,19,24,28H,15-18H2,1-2H3. The minimum Gasteiger partial charge on any atom is -0.392 e. The van der Waals surface area contributed by atoms with Gasteiger partial charge < -0.3 is 9.67 Å². The highest BCUT2D eigenvalue weighted by Crippen LogP contribution is 2.16. The van der Waals surface area contributed by atoms with E-state index in [0.29, 0.717) is 25.2 Å². The number of benzene rings is 2. The van der Waals surface area contributed by atoms with Crippen LogP contribution in [0.4, 0.5) is 4.39 Å². The summed E-state index contributed by atoms with van der Waals surface area (Å²) in [4.78, 5) is 2.26. The van der Waals surface area contributed by atoms with Gasteiger partial charge in [-0.25, -0.2) is 4.39 Å². The lowest BCUT2D eigenvalue weighted by Gasteiger charge is -2.27. The third kappa shape index (κ3) is 5.54. The van der Waals surface area contributed by atoms with Crippen molar-refractivity contribution >= 4 is 0 Å². The molecule has 0 radical (unpaired) electrons. The van der Waals surface area contributed by atoms with Crippen LogP contribution in [0.2, 0.25) is 0 Å². The van der Waals surface area contributed by atoms with Crippen molar-refractivity contribution in [1.29, 1.82) is 0 Å². The summed E-state index contributed by atoms with van der Waals surface area (Å²) < 4.78 is 16.1. The Kier molecular flexibility index (Phi) is 7.01. The van der Waals surface area contributed by atoms with Crippen LogP contribution in [0, 0.1) is 11.7 Å². The number of aromatic nitrogens is 1. The molecular weight excluding hydrogens is 351 g/mol. The molecule has 0 aliphatic heterocycles. The molecule has 148 valence electrons. The summed E-state index contributed by atoms with van der Waals surface area (Å²) in [6.07, 6.45) is 1.60. The molecule has 3 aromatic rings. The predicted octanol–water partition coefficient (Wildman–Crippen LogP) is 4.69. The minimum absolute atomic E-state index is 0.182. The van der Waals surface area contributed by atoms with E-state index in [1.165, 1.54) is 11.6 Å². The van der Waals surface area contributed by atoms with E-state index in [0.717, 1.165) is 12.2 Å². The smallest absolute Gasteiger partial charge is 0.128 e. The van der Waals surface area contributed by atoms with Crippen molar-refractivity contribution in [3.63, 3.8) is 0 Å². The molecule has 0 bridgehead atoms. The molecule has 4 heteroatoms. The minimum atomic E-state index is -0.390. The van der Waals surface area contributed by atoms with Crippen molar-refractivity contribution in [2.45, 2.75) is 39.6 Å². The number of hydrogen-bond acceptors (Lipinski definition) is 2. The fourth-order valence-electron chi connectivity index (χ4n) is 3.29. The summed E-state index contributed by atoms with van der Waals surface area (Å²) in [5, 5.41) is 10.4. The van der Waals surface area contributed by atoms with Gasteiger partial charge in [-0.3, -0.25) is 4.90 Å². The lowest BCUT2D eigenvalue weighted by Crippen LogP contribution is -2.35. The second-order valence-electron chi connectivity index (χ2n) is 7.69. The second-order valence-corrected chi connectivity index (χ2v) is 7.69. The van der Waals surface area contributed by atoms with E-state index in [2.05, 4.69) is 27.7 Å². The zero-order valence-corrected chi connectivity index (χ0v) is 16.6. The number of aliphatic hydroxyl groups excluding tert-OH is 1. The van der Waals surface area contributed by atoms with E-state index >= 15 is 0 Å². The number of nitrogens with zero attached hydrogens (tertiary/aromatic N) is 2. The topological polar surface area (TPSA) is 28.4 Å². The Balaban J connectivity index is 1.77. The van der Waals surface area contributed by atoms with Crippen LogP contribution in [0.1, 0.15) is 30.7 Å². The average molecular weight is 381 g/mol. The van der Waals surface area contributed by atoms with Gasteiger partial charge in [-0.15, -0.1) is 0 Å². The third-order valence-corrected chi connectivity index (χ3v) is 5.07. The lowest BCUT2D eigenvalue weighted by molar-refractivity contribution is 0.0690. The molecule has 1 aromatic heterocycles. The molecule has 1 unspecified atom stereocenters. The molecule has 0 fully saturated rings. The van der Waals surface area contributed by atoms with Gasteiger partial charge in [0.2, 0.25) is 0 Å². The van der Waals surface area contributed by atoms with Gasteiger partial charge in [-0.2, -0.15) is 0 Å². The molecule has 3 nitrogen and oxygen atoms in total. The quantitative estimate of drug-likeness (QED) is 0.583. The number of rotatable bonds is 9. The molecule has 0 aliphatic rings. The molecule has 0 amide bonds. The third-order valence-electron chi connectivity index (χ3n) is 5.07. The largest absolute Gasteiger partial charge is 0.392 e. The Hall–Kier alpha value is -2.43. The molecule has 1 atom stereocenters. The summed E-state index contributed by atoms with van der Waals surface area (Å²) >= 11 is 0. The lowest BCUT2D eigenvalue weighted by atomic mass is 10.1. The number of hydrogen-bond donors (Lipinski definition) is 1. The molecule has 1 heterocycles. The molecule has 1 N–H and O–H groups in total. The molecule has 28 heavy (non-hydrogen) atoms. The average Bonchev–Trinajstić information content (AvgIpc) is 3.11. The van der Waals surface area contributed by atoms with E-state index < -0.39 is 6.10 Å². The monoisotopic (exact) mass is 380 g/mol. The van der Waals surface area contributed by atoms with Crippen LogP contribution < -0.4 is 0 Å². The van der Waals surface area contributed by atoms with Crippen LogP contribution in [-0.4, -0.2) is 27.2 Å². The number of halogens is 1. The van der Waals surface area contributed by atoms with Crippen LogP contribution in [0.25, 0.3) is 0 Å². The van der Waals surface area contributed by atoms with E-state index in [-0.39, 0.29) is 11.7 Å². The predicted molar refractivity (Wildman–Crippen MR) is 111 cm³/mol. The molecular formula is C24H29FN2O. The zero-order chi connectivity index (χ0) is 19.9. The van der Waals surface area contributed by atoms with Gasteiger partial charge in [0.05, 0.1) is 12.6 Å². The van der Waals surface area contributed by atoms with Crippen LogP contribution >= 0.6 is 0 Å².